The number of fused-ring (bicyclic) bond motifs is 1. The lowest BCUT2D eigenvalue weighted by atomic mass is 9.67. The summed E-state index contributed by atoms with van der Waals surface area (Å²) in [5.74, 6) is 0.0224. The van der Waals surface area contributed by atoms with Crippen molar-refractivity contribution in [1.82, 2.24) is 25.1 Å². The standard InChI is InChI=1S/C22H29F3N2O2.C6H5N3O/c1-16(28)21(11-3-2-4-12-21)20-17(7-5-13-26-20)9-10-19(29)27-14-6-8-18(27)15-22(23,24)25;10-5-1-4-2-8-9-6(4)7-3-5/h5,7,13,18H,2-4,6,8-12,14-15H2,1H3;1-3,10H,(H,7,8,9). The molecule has 39 heavy (non-hydrogen) atoms. The highest BCUT2D eigenvalue weighted by molar-refractivity contribution is 5.88. The molecule has 4 heterocycles. The summed E-state index contributed by atoms with van der Waals surface area (Å²) in [6.45, 7) is 2.00. The van der Waals surface area contributed by atoms with E-state index in [4.69, 9.17) is 5.11 Å². The molecule has 3 aromatic rings. The van der Waals surface area contributed by atoms with Gasteiger partial charge in [0.1, 0.15) is 11.5 Å². The number of halogens is 3. The number of pyridine rings is 2. The number of aromatic amines is 1. The van der Waals surface area contributed by atoms with E-state index < -0.39 is 24.1 Å². The second kappa shape index (κ2) is 12.1. The first-order valence-electron chi connectivity index (χ1n) is 13.4. The van der Waals surface area contributed by atoms with Gasteiger partial charge in [0.15, 0.2) is 5.65 Å². The number of hydrogen-bond acceptors (Lipinski definition) is 6. The third-order valence-electron chi connectivity index (χ3n) is 7.78. The first-order chi connectivity index (χ1) is 18.6. The number of carbonyl (C=O) groups is 2. The number of H-pyrrole nitrogens is 1. The molecule has 1 unspecified atom stereocenters. The number of aromatic hydroxyl groups is 1. The Morgan fingerprint density at radius 1 is 1.15 bits per heavy atom. The van der Waals surface area contributed by atoms with Gasteiger partial charge < -0.3 is 10.0 Å². The molecule has 0 spiro atoms. The summed E-state index contributed by atoms with van der Waals surface area (Å²) >= 11 is 0. The largest absolute Gasteiger partial charge is 0.506 e. The number of rotatable bonds is 6. The predicted molar refractivity (Wildman–Crippen MR) is 139 cm³/mol. The van der Waals surface area contributed by atoms with E-state index in [1.165, 1.54) is 11.1 Å². The SMILES string of the molecule is CC(=O)C1(c2ncccc2CCC(=O)N2CCCC2CC(F)(F)F)CCCCC1.Oc1cnc2[nH]ncc2c1. The van der Waals surface area contributed by atoms with Gasteiger partial charge in [0, 0.05) is 30.6 Å². The summed E-state index contributed by atoms with van der Waals surface area (Å²) in [4.78, 5) is 35.1. The fourth-order valence-electron chi connectivity index (χ4n) is 5.84. The molecule has 1 aliphatic carbocycles. The maximum absolute atomic E-state index is 12.8. The van der Waals surface area contributed by atoms with Crippen molar-refractivity contribution in [2.45, 2.75) is 88.8 Å². The molecule has 2 aliphatic rings. The van der Waals surface area contributed by atoms with Crippen molar-refractivity contribution in [2.24, 2.45) is 0 Å². The molecule has 5 rings (SSSR count). The van der Waals surface area contributed by atoms with Crippen LogP contribution in [0.4, 0.5) is 13.2 Å². The highest BCUT2D eigenvalue weighted by atomic mass is 19.4. The maximum Gasteiger partial charge on any atom is 0.391 e. The van der Waals surface area contributed by atoms with Crippen LogP contribution in [0, 0.1) is 0 Å². The molecule has 11 heteroatoms. The first kappa shape index (κ1) is 28.5. The van der Waals surface area contributed by atoms with Gasteiger partial charge in [0.25, 0.3) is 0 Å². The number of nitrogens with zero attached hydrogens (tertiary/aromatic N) is 4. The number of carbonyl (C=O) groups excluding carboxylic acids is 2. The quantitative estimate of drug-likeness (QED) is 0.428. The van der Waals surface area contributed by atoms with Gasteiger partial charge in [-0.3, -0.25) is 19.7 Å². The topological polar surface area (TPSA) is 112 Å². The van der Waals surface area contributed by atoms with E-state index in [-0.39, 0.29) is 23.9 Å². The fraction of sp³-hybridized carbons (Fsp3) is 0.536. The summed E-state index contributed by atoms with van der Waals surface area (Å²) in [6.07, 6.45) is 5.59. The monoisotopic (exact) mass is 545 g/mol. The fourth-order valence-corrected chi connectivity index (χ4v) is 5.84. The number of hydrogen-bond donors (Lipinski definition) is 2. The van der Waals surface area contributed by atoms with Crippen molar-refractivity contribution >= 4 is 22.7 Å². The van der Waals surface area contributed by atoms with Gasteiger partial charge in [-0.1, -0.05) is 25.3 Å². The van der Waals surface area contributed by atoms with Crippen LogP contribution in [0.3, 0.4) is 0 Å². The van der Waals surface area contributed by atoms with E-state index >= 15 is 0 Å². The Kier molecular flexibility index (Phi) is 8.87. The summed E-state index contributed by atoms with van der Waals surface area (Å²) in [5, 5.41) is 16.2. The number of likely N-dealkylation sites (tertiary alicyclic amines) is 1. The van der Waals surface area contributed by atoms with Crippen molar-refractivity contribution in [1.29, 1.82) is 0 Å². The van der Waals surface area contributed by atoms with Crippen LogP contribution in [0.25, 0.3) is 11.0 Å². The van der Waals surface area contributed by atoms with E-state index in [1.807, 2.05) is 6.07 Å². The van der Waals surface area contributed by atoms with Crippen LogP contribution in [0.5, 0.6) is 5.75 Å². The average Bonchev–Trinajstić information content (AvgIpc) is 3.56. The van der Waals surface area contributed by atoms with Gasteiger partial charge in [0.05, 0.1) is 29.9 Å². The Morgan fingerprint density at radius 3 is 2.64 bits per heavy atom. The normalized spacial score (nSPS) is 19.0. The second-order valence-electron chi connectivity index (χ2n) is 10.4. The molecule has 0 bridgehead atoms. The molecule has 2 fully saturated rings. The van der Waals surface area contributed by atoms with Gasteiger partial charge in [-0.25, -0.2) is 4.98 Å². The number of nitrogens with one attached hydrogen (secondary N) is 1. The molecular weight excluding hydrogens is 511 g/mol. The highest BCUT2D eigenvalue weighted by Gasteiger charge is 2.42. The van der Waals surface area contributed by atoms with Crippen LogP contribution < -0.4 is 0 Å². The van der Waals surface area contributed by atoms with E-state index in [0.717, 1.165) is 48.7 Å². The Morgan fingerprint density at radius 2 is 1.92 bits per heavy atom. The van der Waals surface area contributed by atoms with Crippen molar-refractivity contribution in [2.75, 3.05) is 6.54 Å². The molecule has 1 saturated heterocycles. The number of Topliss-reactive ketones (excluding diaryl/α,β-unsaturated/α-hetero) is 1. The molecule has 3 aromatic heterocycles. The molecule has 210 valence electrons. The molecular formula is C28H34F3N5O3. The Balaban J connectivity index is 0.000000292. The van der Waals surface area contributed by atoms with Crippen molar-refractivity contribution in [3.63, 3.8) is 0 Å². The van der Waals surface area contributed by atoms with Crippen molar-refractivity contribution in [3.05, 3.63) is 48.0 Å². The van der Waals surface area contributed by atoms with Crippen LogP contribution in [0.15, 0.2) is 36.8 Å². The lowest BCUT2D eigenvalue weighted by Gasteiger charge is -2.36. The molecule has 0 aromatic carbocycles. The predicted octanol–water partition coefficient (Wildman–Crippen LogP) is 5.41. The Labute approximate surface area is 225 Å². The van der Waals surface area contributed by atoms with Crippen LogP contribution in [0.1, 0.15) is 76.0 Å². The van der Waals surface area contributed by atoms with Crippen LogP contribution >= 0.6 is 0 Å². The minimum absolute atomic E-state index is 0.105. The summed E-state index contributed by atoms with van der Waals surface area (Å²) in [6, 6.07) is 4.54. The van der Waals surface area contributed by atoms with Gasteiger partial charge >= 0.3 is 6.18 Å². The van der Waals surface area contributed by atoms with Crippen molar-refractivity contribution < 1.29 is 27.9 Å². The zero-order chi connectivity index (χ0) is 28.0. The van der Waals surface area contributed by atoms with E-state index in [1.54, 1.807) is 31.5 Å². The van der Waals surface area contributed by atoms with Gasteiger partial charge in [-0.15, -0.1) is 0 Å². The molecule has 1 saturated carbocycles. The number of ketones is 1. The molecule has 1 amide bonds. The van der Waals surface area contributed by atoms with Crippen LogP contribution in [-0.4, -0.2) is 60.6 Å². The lowest BCUT2D eigenvalue weighted by molar-refractivity contribution is -0.151. The average molecular weight is 546 g/mol. The summed E-state index contributed by atoms with van der Waals surface area (Å²) in [5.41, 5.74) is 1.72. The van der Waals surface area contributed by atoms with E-state index in [0.29, 0.717) is 31.5 Å². The van der Waals surface area contributed by atoms with E-state index in [9.17, 15) is 22.8 Å². The van der Waals surface area contributed by atoms with Crippen LogP contribution in [0.2, 0.25) is 0 Å². The second-order valence-corrected chi connectivity index (χ2v) is 10.4. The van der Waals surface area contributed by atoms with Crippen molar-refractivity contribution in [3.8, 4) is 5.75 Å². The third-order valence-corrected chi connectivity index (χ3v) is 7.78. The zero-order valence-electron chi connectivity index (χ0n) is 22.0. The number of aryl methyl sites for hydroxylation is 1. The molecule has 1 aliphatic heterocycles. The maximum atomic E-state index is 12.8. The first-order valence-corrected chi connectivity index (χ1v) is 13.4. The van der Waals surface area contributed by atoms with Gasteiger partial charge in [-0.2, -0.15) is 18.3 Å². The summed E-state index contributed by atoms with van der Waals surface area (Å²) in [7, 11) is 0. The number of aromatic nitrogens is 4. The Bertz CT molecular complexity index is 1290. The Hall–Kier alpha value is -3.50. The zero-order valence-corrected chi connectivity index (χ0v) is 22.0. The minimum Gasteiger partial charge on any atom is -0.506 e. The number of amides is 1. The number of alkyl halides is 3. The molecule has 0 radical (unpaired) electrons. The van der Waals surface area contributed by atoms with Gasteiger partial charge in [0.2, 0.25) is 5.91 Å². The van der Waals surface area contributed by atoms with Gasteiger partial charge in [-0.05, 0) is 56.7 Å². The lowest BCUT2D eigenvalue weighted by Crippen LogP contribution is -2.39. The molecule has 1 atom stereocenters. The minimum atomic E-state index is -4.26. The third kappa shape index (κ3) is 6.93. The smallest absolute Gasteiger partial charge is 0.391 e. The molecule has 8 nitrogen and oxygen atoms in total. The van der Waals surface area contributed by atoms with Crippen LogP contribution in [-0.2, 0) is 21.4 Å². The highest BCUT2D eigenvalue weighted by Crippen LogP contribution is 2.41. The van der Waals surface area contributed by atoms with E-state index in [2.05, 4.69) is 20.2 Å². The molecule has 2 N–H and O–H groups in total. The summed E-state index contributed by atoms with van der Waals surface area (Å²) < 4.78 is 38.4.